The molecule has 2 aliphatic carbocycles. The van der Waals surface area contributed by atoms with E-state index >= 15 is 0 Å². The van der Waals surface area contributed by atoms with Crippen LogP contribution in [0.15, 0.2) is 0 Å². The summed E-state index contributed by atoms with van der Waals surface area (Å²) in [5, 5.41) is 12.8. The van der Waals surface area contributed by atoms with Gasteiger partial charge in [0, 0.05) is 4.88 Å². The molecule has 25 heavy (non-hydrogen) atoms. The van der Waals surface area contributed by atoms with Crippen molar-refractivity contribution in [2.24, 2.45) is 11.8 Å². The van der Waals surface area contributed by atoms with Gasteiger partial charge in [-0.1, -0.05) is 12.8 Å². The van der Waals surface area contributed by atoms with Gasteiger partial charge in [0.05, 0.1) is 24.5 Å². The number of hydrogen-bond acceptors (Lipinski definition) is 5. The maximum atomic E-state index is 12.7. The quantitative estimate of drug-likeness (QED) is 0.799. The summed E-state index contributed by atoms with van der Waals surface area (Å²) in [5.74, 6) is -2.84. The van der Waals surface area contributed by atoms with Crippen molar-refractivity contribution in [3.63, 3.8) is 0 Å². The number of ether oxygens (including phenoxy) is 1. The van der Waals surface area contributed by atoms with Crippen LogP contribution in [0, 0.1) is 11.8 Å². The molecule has 3 rings (SSSR count). The molecule has 1 heterocycles. The number of anilines is 1. The predicted molar refractivity (Wildman–Crippen MR) is 94.0 cm³/mol. The first kappa shape index (κ1) is 17.9. The zero-order chi connectivity index (χ0) is 18.0. The van der Waals surface area contributed by atoms with Crippen molar-refractivity contribution < 1.29 is 24.2 Å². The molecule has 0 bridgehead atoms. The topological polar surface area (TPSA) is 92.7 Å². The Labute approximate surface area is 150 Å². The van der Waals surface area contributed by atoms with Gasteiger partial charge in [-0.15, -0.1) is 11.3 Å². The van der Waals surface area contributed by atoms with Gasteiger partial charge in [0.15, 0.2) is 0 Å². The fourth-order valence-corrected chi connectivity index (χ4v) is 5.20. The molecule has 2 N–H and O–H groups in total. The van der Waals surface area contributed by atoms with Gasteiger partial charge in [-0.25, -0.2) is 4.79 Å². The van der Waals surface area contributed by atoms with Gasteiger partial charge in [0.25, 0.3) is 0 Å². The van der Waals surface area contributed by atoms with Gasteiger partial charge < -0.3 is 15.2 Å². The van der Waals surface area contributed by atoms with Crippen molar-refractivity contribution in [1.29, 1.82) is 0 Å². The number of fused-ring (bicyclic) bond motifs is 1. The van der Waals surface area contributed by atoms with Gasteiger partial charge in [-0.2, -0.15) is 0 Å². The molecule has 2 aliphatic rings. The number of amides is 1. The molecule has 2 atom stereocenters. The lowest BCUT2D eigenvalue weighted by Gasteiger charge is -2.27. The highest BCUT2D eigenvalue weighted by atomic mass is 32.1. The van der Waals surface area contributed by atoms with E-state index in [1.165, 1.54) is 18.4 Å². The molecule has 6 nitrogen and oxygen atoms in total. The number of carbonyl (C=O) groups excluding carboxylic acids is 2. The number of thiophene rings is 1. The zero-order valence-corrected chi connectivity index (χ0v) is 15.1. The molecular weight excluding hydrogens is 342 g/mol. The van der Waals surface area contributed by atoms with E-state index in [-0.39, 0.29) is 5.91 Å². The Balaban J connectivity index is 1.86. The first-order valence-corrected chi connectivity index (χ1v) is 9.61. The van der Waals surface area contributed by atoms with Crippen molar-refractivity contribution >= 4 is 34.2 Å². The van der Waals surface area contributed by atoms with Crippen molar-refractivity contribution in [2.75, 3.05) is 12.4 Å². The number of carboxylic acid groups (broad SMARTS) is 1. The van der Waals surface area contributed by atoms with Crippen LogP contribution in [0.5, 0.6) is 0 Å². The van der Waals surface area contributed by atoms with E-state index in [2.05, 4.69) is 5.32 Å². The Morgan fingerprint density at radius 2 is 1.76 bits per heavy atom. The Morgan fingerprint density at radius 1 is 1.08 bits per heavy atom. The summed E-state index contributed by atoms with van der Waals surface area (Å²) in [6.07, 6.45) is 6.60. The molecule has 1 saturated carbocycles. The largest absolute Gasteiger partial charge is 0.481 e. The van der Waals surface area contributed by atoms with E-state index in [1.54, 1.807) is 0 Å². The molecule has 0 unspecified atom stereocenters. The smallest absolute Gasteiger partial charge is 0.341 e. The highest BCUT2D eigenvalue weighted by molar-refractivity contribution is 7.17. The number of rotatable bonds is 4. The van der Waals surface area contributed by atoms with Gasteiger partial charge in [0.2, 0.25) is 5.91 Å². The van der Waals surface area contributed by atoms with Gasteiger partial charge in [-0.3, -0.25) is 9.59 Å². The number of carbonyl (C=O) groups is 3. The third kappa shape index (κ3) is 3.56. The van der Waals surface area contributed by atoms with Crippen LogP contribution >= 0.6 is 11.3 Å². The number of aryl methyl sites for hydroxylation is 1. The molecule has 7 heteroatoms. The molecule has 1 aromatic rings. The Morgan fingerprint density at radius 3 is 2.44 bits per heavy atom. The lowest BCUT2D eigenvalue weighted by atomic mass is 9.78. The molecular formula is C18H23NO5S. The minimum atomic E-state index is -0.918. The molecule has 0 saturated heterocycles. The minimum absolute atomic E-state index is 0.296. The highest BCUT2D eigenvalue weighted by Gasteiger charge is 2.37. The summed E-state index contributed by atoms with van der Waals surface area (Å²) in [6, 6.07) is 0. The standard InChI is InChI=1S/C18H23NO5S/c1-24-18(23)14-12-8-4-5-9-13(12)25-16(14)19-15(20)10-6-2-3-7-11(10)17(21)22/h10-11H,2-9H2,1H3,(H,19,20)(H,21,22)/t10-,11-/m1/s1. The fraction of sp³-hybridized carbons (Fsp3) is 0.611. The van der Waals surface area contributed by atoms with Crippen LogP contribution in [0.2, 0.25) is 0 Å². The number of hydrogen-bond donors (Lipinski definition) is 2. The molecule has 136 valence electrons. The molecule has 0 aromatic carbocycles. The average Bonchev–Trinajstić information content (AvgIpc) is 2.98. The Hall–Kier alpha value is -1.89. The molecule has 0 radical (unpaired) electrons. The summed E-state index contributed by atoms with van der Waals surface area (Å²) in [4.78, 5) is 37.6. The Kier molecular flexibility index (Phi) is 5.42. The monoisotopic (exact) mass is 365 g/mol. The number of nitrogens with one attached hydrogen (secondary N) is 1. The van der Waals surface area contributed by atoms with Crippen LogP contribution in [0.4, 0.5) is 5.00 Å². The summed E-state index contributed by atoms with van der Waals surface area (Å²) >= 11 is 1.43. The molecule has 1 aromatic heterocycles. The summed E-state index contributed by atoms with van der Waals surface area (Å²) in [7, 11) is 1.34. The lowest BCUT2D eigenvalue weighted by molar-refractivity contribution is -0.147. The second-order valence-electron chi connectivity index (χ2n) is 6.73. The molecule has 1 fully saturated rings. The number of aliphatic carboxylic acids is 1. The predicted octanol–water partition coefficient (Wildman–Crippen LogP) is 3.24. The highest BCUT2D eigenvalue weighted by Crippen LogP contribution is 2.39. The van der Waals surface area contributed by atoms with Crippen LogP contribution in [-0.2, 0) is 27.2 Å². The van der Waals surface area contributed by atoms with E-state index in [9.17, 15) is 19.5 Å². The zero-order valence-electron chi connectivity index (χ0n) is 14.3. The number of carboxylic acids is 1. The van der Waals surface area contributed by atoms with Crippen LogP contribution in [0.3, 0.4) is 0 Å². The Bertz CT molecular complexity index is 696. The van der Waals surface area contributed by atoms with Crippen LogP contribution in [0.1, 0.15) is 59.3 Å². The average molecular weight is 365 g/mol. The molecule has 1 amide bonds. The van der Waals surface area contributed by atoms with Crippen LogP contribution < -0.4 is 5.32 Å². The first-order chi connectivity index (χ1) is 12.0. The van der Waals surface area contributed by atoms with Gasteiger partial charge in [-0.05, 0) is 44.1 Å². The second kappa shape index (κ2) is 7.56. The van der Waals surface area contributed by atoms with E-state index in [1.807, 2.05) is 0 Å². The SMILES string of the molecule is COC(=O)c1c(NC(=O)[C@@H]2CCCC[C@H]2C(=O)O)sc2c1CCCC2. The number of esters is 1. The van der Waals surface area contributed by atoms with Gasteiger partial charge >= 0.3 is 11.9 Å². The van der Waals surface area contributed by atoms with E-state index < -0.39 is 23.8 Å². The third-order valence-corrected chi connectivity index (χ3v) is 6.42. The molecule has 0 aliphatic heterocycles. The van der Waals surface area contributed by atoms with Crippen molar-refractivity contribution in [1.82, 2.24) is 0 Å². The fourth-order valence-electron chi connectivity index (χ4n) is 3.92. The summed E-state index contributed by atoms with van der Waals surface area (Å²) in [5.41, 5.74) is 1.44. The van der Waals surface area contributed by atoms with E-state index in [0.717, 1.165) is 49.0 Å². The van der Waals surface area contributed by atoms with Crippen LogP contribution in [-0.4, -0.2) is 30.1 Å². The normalized spacial score (nSPS) is 22.8. The van der Waals surface area contributed by atoms with Crippen molar-refractivity contribution in [2.45, 2.75) is 51.4 Å². The lowest BCUT2D eigenvalue weighted by Crippen LogP contribution is -2.36. The molecule has 0 spiro atoms. The maximum absolute atomic E-state index is 12.7. The maximum Gasteiger partial charge on any atom is 0.341 e. The second-order valence-corrected chi connectivity index (χ2v) is 7.84. The van der Waals surface area contributed by atoms with E-state index in [4.69, 9.17) is 4.74 Å². The van der Waals surface area contributed by atoms with E-state index in [0.29, 0.717) is 23.4 Å². The minimum Gasteiger partial charge on any atom is -0.481 e. The summed E-state index contributed by atoms with van der Waals surface area (Å²) in [6.45, 7) is 0. The van der Waals surface area contributed by atoms with Gasteiger partial charge in [0.1, 0.15) is 5.00 Å². The van der Waals surface area contributed by atoms with Crippen LogP contribution in [0.25, 0.3) is 0 Å². The first-order valence-electron chi connectivity index (χ1n) is 8.79. The number of methoxy groups -OCH3 is 1. The van der Waals surface area contributed by atoms with Crippen molar-refractivity contribution in [3.05, 3.63) is 16.0 Å². The third-order valence-electron chi connectivity index (χ3n) is 5.22. The van der Waals surface area contributed by atoms with Crippen molar-refractivity contribution in [3.8, 4) is 0 Å². The summed E-state index contributed by atoms with van der Waals surface area (Å²) < 4.78 is 4.91.